The van der Waals surface area contributed by atoms with Gasteiger partial charge in [0.15, 0.2) is 11.8 Å². The van der Waals surface area contributed by atoms with E-state index in [1.807, 2.05) is 18.5 Å². The van der Waals surface area contributed by atoms with E-state index in [0.29, 0.717) is 18.6 Å². The number of likely N-dealkylation sites (tertiary alicyclic amines) is 1. The zero-order valence-electron chi connectivity index (χ0n) is 18.5. The summed E-state index contributed by atoms with van der Waals surface area (Å²) in [7, 11) is 1.98. The molecule has 0 bridgehead atoms. The van der Waals surface area contributed by atoms with E-state index in [1.54, 1.807) is 11.3 Å². The van der Waals surface area contributed by atoms with Gasteiger partial charge in [-0.25, -0.2) is 4.99 Å². The lowest BCUT2D eigenvalue weighted by Gasteiger charge is -2.21. The van der Waals surface area contributed by atoms with Gasteiger partial charge in [-0.15, -0.1) is 21.5 Å². The lowest BCUT2D eigenvalue weighted by Crippen LogP contribution is -2.44. The minimum absolute atomic E-state index is 0.356. The van der Waals surface area contributed by atoms with Crippen molar-refractivity contribution in [2.24, 2.45) is 12.0 Å². The van der Waals surface area contributed by atoms with Gasteiger partial charge < -0.3 is 15.2 Å². The van der Waals surface area contributed by atoms with Crippen LogP contribution in [0, 0.1) is 6.92 Å². The second-order valence-corrected chi connectivity index (χ2v) is 9.19. The summed E-state index contributed by atoms with van der Waals surface area (Å²) in [4.78, 5) is 8.65. The number of aliphatic imine (C=N–C) groups is 1. The largest absolute Gasteiger partial charge is 0.352 e. The topological polar surface area (TPSA) is 70.4 Å². The van der Waals surface area contributed by atoms with Crippen molar-refractivity contribution in [3.05, 3.63) is 69.9 Å². The molecule has 0 aliphatic carbocycles. The fourth-order valence-corrected chi connectivity index (χ4v) is 4.55. The SMILES string of the molecule is Cc1nnc(CN=C(NCc2cccs2)NC2CC(C)N(Cc3ccccc3)C2)n1C. The summed E-state index contributed by atoms with van der Waals surface area (Å²) >= 11 is 1.75. The van der Waals surface area contributed by atoms with E-state index in [0.717, 1.165) is 43.7 Å². The molecule has 0 amide bonds. The van der Waals surface area contributed by atoms with Crippen LogP contribution >= 0.6 is 11.3 Å². The summed E-state index contributed by atoms with van der Waals surface area (Å²) in [6.07, 6.45) is 1.09. The molecule has 1 aromatic carbocycles. The normalized spacial score (nSPS) is 19.6. The average molecular weight is 438 g/mol. The molecule has 7 nitrogen and oxygen atoms in total. The fourth-order valence-electron chi connectivity index (χ4n) is 3.91. The molecule has 0 radical (unpaired) electrons. The van der Waals surface area contributed by atoms with Crippen molar-refractivity contribution in [2.75, 3.05) is 6.54 Å². The zero-order chi connectivity index (χ0) is 21.6. The first-order valence-electron chi connectivity index (χ1n) is 10.8. The molecule has 31 heavy (non-hydrogen) atoms. The first-order chi connectivity index (χ1) is 15.1. The summed E-state index contributed by atoms with van der Waals surface area (Å²) in [6, 6.07) is 15.8. The van der Waals surface area contributed by atoms with E-state index in [2.05, 4.69) is 80.5 Å². The van der Waals surface area contributed by atoms with Crippen LogP contribution in [-0.4, -0.2) is 44.3 Å². The van der Waals surface area contributed by atoms with E-state index in [-0.39, 0.29) is 0 Å². The number of benzene rings is 1. The number of hydrogen-bond acceptors (Lipinski definition) is 5. The smallest absolute Gasteiger partial charge is 0.192 e. The number of nitrogens with zero attached hydrogens (tertiary/aromatic N) is 5. The highest BCUT2D eigenvalue weighted by molar-refractivity contribution is 7.09. The molecule has 1 aliphatic heterocycles. The zero-order valence-corrected chi connectivity index (χ0v) is 19.3. The second kappa shape index (κ2) is 10.1. The van der Waals surface area contributed by atoms with Crippen molar-refractivity contribution in [3.63, 3.8) is 0 Å². The number of aromatic nitrogens is 3. The Labute approximate surface area is 188 Å². The summed E-state index contributed by atoms with van der Waals surface area (Å²) < 4.78 is 1.99. The average Bonchev–Trinajstić information content (AvgIpc) is 3.48. The van der Waals surface area contributed by atoms with Gasteiger partial charge in [-0.2, -0.15) is 0 Å². The van der Waals surface area contributed by atoms with Crippen molar-refractivity contribution in [2.45, 2.75) is 52.0 Å². The summed E-state index contributed by atoms with van der Waals surface area (Å²) in [5.41, 5.74) is 1.36. The van der Waals surface area contributed by atoms with Crippen LogP contribution in [-0.2, 0) is 26.7 Å². The van der Waals surface area contributed by atoms with Crippen LogP contribution in [0.15, 0.2) is 52.8 Å². The lowest BCUT2D eigenvalue weighted by atomic mass is 10.2. The molecule has 1 aliphatic rings. The van der Waals surface area contributed by atoms with Gasteiger partial charge in [0.25, 0.3) is 0 Å². The van der Waals surface area contributed by atoms with Gasteiger partial charge in [-0.1, -0.05) is 36.4 Å². The number of rotatable bonds is 7. The third-order valence-electron chi connectivity index (χ3n) is 5.84. The van der Waals surface area contributed by atoms with Gasteiger partial charge in [0, 0.05) is 37.1 Å². The molecule has 8 heteroatoms. The van der Waals surface area contributed by atoms with E-state index in [9.17, 15) is 0 Å². The number of nitrogens with one attached hydrogen (secondary N) is 2. The van der Waals surface area contributed by atoms with Crippen LogP contribution in [0.1, 0.15) is 35.4 Å². The standard InChI is InChI=1S/C23H31N7S/c1-17-12-20(16-30(17)15-19-8-5-4-6-9-19)26-23(24-13-21-10-7-11-31-21)25-14-22-28-27-18(2)29(22)3/h4-11,17,20H,12-16H2,1-3H3,(H2,24,25,26). The second-order valence-electron chi connectivity index (χ2n) is 8.16. The van der Waals surface area contributed by atoms with Crippen LogP contribution < -0.4 is 10.6 Å². The van der Waals surface area contributed by atoms with Gasteiger partial charge in [0.05, 0.1) is 6.54 Å². The number of hydrogen-bond donors (Lipinski definition) is 2. The first-order valence-corrected chi connectivity index (χ1v) is 11.7. The Morgan fingerprint density at radius 3 is 2.74 bits per heavy atom. The maximum atomic E-state index is 4.82. The van der Waals surface area contributed by atoms with Crippen molar-refractivity contribution in [3.8, 4) is 0 Å². The maximum absolute atomic E-state index is 4.82. The predicted molar refractivity (Wildman–Crippen MR) is 126 cm³/mol. The van der Waals surface area contributed by atoms with Crippen molar-refractivity contribution >= 4 is 17.3 Å². The van der Waals surface area contributed by atoms with Gasteiger partial charge in [0.2, 0.25) is 0 Å². The fraction of sp³-hybridized carbons (Fsp3) is 0.435. The van der Waals surface area contributed by atoms with E-state index in [4.69, 9.17) is 4.99 Å². The molecule has 2 N–H and O–H groups in total. The minimum atomic E-state index is 0.356. The third kappa shape index (κ3) is 5.71. The highest BCUT2D eigenvalue weighted by Gasteiger charge is 2.29. The Morgan fingerprint density at radius 1 is 1.19 bits per heavy atom. The predicted octanol–water partition coefficient (Wildman–Crippen LogP) is 3.08. The molecule has 4 rings (SSSR count). The first kappa shape index (κ1) is 21.5. The van der Waals surface area contributed by atoms with Gasteiger partial charge >= 0.3 is 0 Å². The summed E-state index contributed by atoms with van der Waals surface area (Å²) in [6.45, 7) is 7.50. The Morgan fingerprint density at radius 2 is 2.03 bits per heavy atom. The lowest BCUT2D eigenvalue weighted by molar-refractivity contribution is 0.258. The maximum Gasteiger partial charge on any atom is 0.192 e. The van der Waals surface area contributed by atoms with Crippen LogP contribution in [0.4, 0.5) is 0 Å². The highest BCUT2D eigenvalue weighted by atomic mass is 32.1. The van der Waals surface area contributed by atoms with Gasteiger partial charge in [0.1, 0.15) is 12.4 Å². The van der Waals surface area contributed by atoms with Crippen molar-refractivity contribution in [1.82, 2.24) is 30.3 Å². The number of guanidine groups is 1. The molecule has 0 spiro atoms. The van der Waals surface area contributed by atoms with E-state index < -0.39 is 0 Å². The molecular formula is C23H31N7S. The van der Waals surface area contributed by atoms with Crippen LogP contribution in [0.2, 0.25) is 0 Å². The van der Waals surface area contributed by atoms with E-state index >= 15 is 0 Å². The summed E-state index contributed by atoms with van der Waals surface area (Å²) in [5.74, 6) is 2.58. The Kier molecular flexibility index (Phi) is 6.99. The molecule has 3 aromatic rings. The van der Waals surface area contributed by atoms with Gasteiger partial charge in [-0.05, 0) is 37.3 Å². The number of thiophene rings is 1. The molecule has 2 unspecified atom stereocenters. The van der Waals surface area contributed by atoms with Crippen molar-refractivity contribution in [1.29, 1.82) is 0 Å². The quantitative estimate of drug-likeness (QED) is 0.439. The highest BCUT2D eigenvalue weighted by Crippen LogP contribution is 2.20. The molecular weight excluding hydrogens is 406 g/mol. The third-order valence-corrected chi connectivity index (χ3v) is 6.72. The molecule has 1 fully saturated rings. The van der Waals surface area contributed by atoms with Crippen LogP contribution in [0.25, 0.3) is 0 Å². The minimum Gasteiger partial charge on any atom is -0.352 e. The Hall–Kier alpha value is -2.71. The monoisotopic (exact) mass is 437 g/mol. The Bertz CT molecular complexity index is 981. The number of aryl methyl sites for hydroxylation is 1. The molecule has 2 atom stereocenters. The molecule has 0 saturated carbocycles. The molecule has 3 heterocycles. The summed E-state index contributed by atoms with van der Waals surface area (Å²) in [5, 5.41) is 17.7. The van der Waals surface area contributed by atoms with Gasteiger partial charge in [-0.3, -0.25) is 4.90 Å². The molecule has 164 valence electrons. The molecule has 1 saturated heterocycles. The Balaban J connectivity index is 1.41. The van der Waals surface area contributed by atoms with Crippen molar-refractivity contribution < 1.29 is 0 Å². The van der Waals surface area contributed by atoms with E-state index in [1.165, 1.54) is 10.4 Å². The molecule has 2 aromatic heterocycles. The van der Waals surface area contributed by atoms with Crippen LogP contribution in [0.5, 0.6) is 0 Å². The van der Waals surface area contributed by atoms with Crippen LogP contribution in [0.3, 0.4) is 0 Å².